The van der Waals surface area contributed by atoms with Crippen LogP contribution in [0.2, 0.25) is 0 Å². The SMILES string of the molecule is C[C@H](NC(=O)CN1CCN(C(=O)c2ccco2)CC1)c1ccc2c(c1)CCCC2. The molecule has 154 valence electrons. The average molecular weight is 396 g/mol. The first-order valence-corrected chi connectivity index (χ1v) is 10.6. The van der Waals surface area contributed by atoms with Crippen LogP contribution in [-0.4, -0.2) is 54.3 Å². The zero-order valence-corrected chi connectivity index (χ0v) is 17.0. The summed E-state index contributed by atoms with van der Waals surface area (Å²) >= 11 is 0. The molecule has 2 aromatic rings. The van der Waals surface area contributed by atoms with Crippen molar-refractivity contribution in [2.24, 2.45) is 0 Å². The highest BCUT2D eigenvalue weighted by molar-refractivity contribution is 5.91. The van der Waals surface area contributed by atoms with Crippen LogP contribution in [0.5, 0.6) is 0 Å². The van der Waals surface area contributed by atoms with Crippen molar-refractivity contribution in [3.8, 4) is 0 Å². The second kappa shape index (κ2) is 8.82. The molecule has 29 heavy (non-hydrogen) atoms. The van der Waals surface area contributed by atoms with Crippen LogP contribution >= 0.6 is 0 Å². The summed E-state index contributed by atoms with van der Waals surface area (Å²) in [6.45, 7) is 4.99. The number of benzene rings is 1. The van der Waals surface area contributed by atoms with Gasteiger partial charge in [-0.2, -0.15) is 0 Å². The predicted octanol–water partition coefficient (Wildman–Crippen LogP) is 2.79. The Morgan fingerprint density at radius 3 is 2.55 bits per heavy atom. The molecule has 1 aromatic heterocycles. The Morgan fingerprint density at radius 2 is 1.83 bits per heavy atom. The molecule has 2 amide bonds. The third-order valence-electron chi connectivity index (χ3n) is 6.01. The molecule has 2 heterocycles. The lowest BCUT2D eigenvalue weighted by molar-refractivity contribution is -0.123. The van der Waals surface area contributed by atoms with Crippen LogP contribution in [0.15, 0.2) is 41.0 Å². The minimum Gasteiger partial charge on any atom is -0.459 e. The zero-order valence-electron chi connectivity index (χ0n) is 17.0. The maximum atomic E-state index is 12.5. The largest absolute Gasteiger partial charge is 0.459 e. The van der Waals surface area contributed by atoms with Gasteiger partial charge in [-0.1, -0.05) is 18.2 Å². The molecule has 1 atom stereocenters. The molecule has 1 fully saturated rings. The minimum atomic E-state index is -0.0832. The highest BCUT2D eigenvalue weighted by Crippen LogP contribution is 2.24. The Balaban J connectivity index is 1.25. The maximum absolute atomic E-state index is 12.5. The van der Waals surface area contributed by atoms with Gasteiger partial charge in [-0.3, -0.25) is 14.5 Å². The lowest BCUT2D eigenvalue weighted by Crippen LogP contribution is -2.51. The normalized spacial score (nSPS) is 18.2. The summed E-state index contributed by atoms with van der Waals surface area (Å²) in [7, 11) is 0. The molecule has 0 radical (unpaired) electrons. The number of nitrogens with one attached hydrogen (secondary N) is 1. The summed E-state index contributed by atoms with van der Waals surface area (Å²) in [4.78, 5) is 28.7. The first kappa shape index (κ1) is 19.7. The molecule has 0 saturated carbocycles. The Morgan fingerprint density at radius 1 is 1.07 bits per heavy atom. The number of rotatable bonds is 5. The van der Waals surface area contributed by atoms with Gasteiger partial charge in [0.05, 0.1) is 18.8 Å². The summed E-state index contributed by atoms with van der Waals surface area (Å²) in [5.74, 6) is 0.316. The molecule has 4 rings (SSSR count). The van der Waals surface area contributed by atoms with Crippen molar-refractivity contribution in [2.45, 2.75) is 38.6 Å². The van der Waals surface area contributed by atoms with E-state index in [1.54, 1.807) is 17.0 Å². The Kier molecular flexibility index (Phi) is 6.00. The highest BCUT2D eigenvalue weighted by Gasteiger charge is 2.25. The van der Waals surface area contributed by atoms with Crippen LogP contribution in [-0.2, 0) is 17.6 Å². The van der Waals surface area contributed by atoms with Gasteiger partial charge in [-0.15, -0.1) is 0 Å². The molecule has 0 bridgehead atoms. The van der Waals surface area contributed by atoms with Gasteiger partial charge < -0.3 is 14.6 Å². The maximum Gasteiger partial charge on any atom is 0.289 e. The number of carbonyl (C=O) groups is 2. The standard InChI is InChI=1S/C23H29N3O3/c1-17(19-9-8-18-5-2-3-6-20(18)15-19)24-22(27)16-25-10-12-26(13-11-25)23(28)21-7-4-14-29-21/h4,7-9,14-15,17H,2-3,5-6,10-13,16H2,1H3,(H,24,27)/t17-/m0/s1. The molecule has 2 aliphatic rings. The van der Waals surface area contributed by atoms with Gasteiger partial charge in [0, 0.05) is 26.2 Å². The van der Waals surface area contributed by atoms with Crippen LogP contribution in [0.1, 0.15) is 53.1 Å². The van der Waals surface area contributed by atoms with Gasteiger partial charge >= 0.3 is 0 Å². The van der Waals surface area contributed by atoms with Gasteiger partial charge in [-0.05, 0) is 61.4 Å². The van der Waals surface area contributed by atoms with E-state index >= 15 is 0 Å². The monoisotopic (exact) mass is 395 g/mol. The molecule has 0 spiro atoms. The van der Waals surface area contributed by atoms with E-state index in [0.29, 0.717) is 38.5 Å². The van der Waals surface area contributed by atoms with E-state index in [4.69, 9.17) is 4.42 Å². The van der Waals surface area contributed by atoms with E-state index in [9.17, 15) is 9.59 Å². The first-order valence-electron chi connectivity index (χ1n) is 10.6. The quantitative estimate of drug-likeness (QED) is 0.846. The Labute approximate surface area is 171 Å². The van der Waals surface area contributed by atoms with Gasteiger partial charge in [0.1, 0.15) is 0 Å². The Bertz CT molecular complexity index is 854. The number of nitrogens with zero attached hydrogens (tertiary/aromatic N) is 2. The topological polar surface area (TPSA) is 65.8 Å². The zero-order chi connectivity index (χ0) is 20.2. The number of fused-ring (bicyclic) bond motifs is 1. The number of hydrogen-bond donors (Lipinski definition) is 1. The molecule has 0 unspecified atom stereocenters. The van der Waals surface area contributed by atoms with Crippen LogP contribution in [0.3, 0.4) is 0 Å². The summed E-state index contributed by atoms with van der Waals surface area (Å²) in [6.07, 6.45) is 6.36. The first-order chi connectivity index (χ1) is 14.1. The van der Waals surface area contributed by atoms with E-state index in [2.05, 4.69) is 28.4 Å². The minimum absolute atomic E-state index is 0.00320. The van der Waals surface area contributed by atoms with E-state index in [-0.39, 0.29) is 17.9 Å². The number of piperazine rings is 1. The highest BCUT2D eigenvalue weighted by atomic mass is 16.3. The number of furan rings is 1. The second-order valence-corrected chi connectivity index (χ2v) is 8.07. The molecule has 1 N–H and O–H groups in total. The molecule has 1 saturated heterocycles. The van der Waals surface area contributed by atoms with Crippen molar-refractivity contribution in [1.82, 2.24) is 15.1 Å². The van der Waals surface area contributed by atoms with Crippen molar-refractivity contribution < 1.29 is 14.0 Å². The number of aryl methyl sites for hydroxylation is 2. The number of carbonyl (C=O) groups excluding carboxylic acids is 2. The van der Waals surface area contributed by atoms with Crippen molar-refractivity contribution >= 4 is 11.8 Å². The smallest absolute Gasteiger partial charge is 0.289 e. The van der Waals surface area contributed by atoms with Gasteiger partial charge in [0.25, 0.3) is 5.91 Å². The van der Waals surface area contributed by atoms with Crippen LogP contribution in [0.25, 0.3) is 0 Å². The second-order valence-electron chi connectivity index (χ2n) is 8.07. The molecular weight excluding hydrogens is 366 g/mol. The predicted molar refractivity (Wildman–Crippen MR) is 111 cm³/mol. The van der Waals surface area contributed by atoms with Gasteiger partial charge in [-0.25, -0.2) is 0 Å². The molecule has 1 aromatic carbocycles. The van der Waals surface area contributed by atoms with Crippen LogP contribution < -0.4 is 5.32 Å². The fraction of sp³-hybridized carbons (Fsp3) is 0.478. The van der Waals surface area contributed by atoms with Crippen molar-refractivity contribution in [3.05, 3.63) is 59.0 Å². The van der Waals surface area contributed by atoms with Crippen molar-refractivity contribution in [2.75, 3.05) is 32.7 Å². The van der Waals surface area contributed by atoms with Gasteiger partial charge in [0.15, 0.2) is 5.76 Å². The van der Waals surface area contributed by atoms with E-state index in [0.717, 1.165) is 6.42 Å². The molecule has 6 nitrogen and oxygen atoms in total. The third kappa shape index (κ3) is 4.70. The number of hydrogen-bond acceptors (Lipinski definition) is 4. The molecular formula is C23H29N3O3. The average Bonchev–Trinajstić information content (AvgIpc) is 3.28. The molecule has 6 heteroatoms. The Hall–Kier alpha value is -2.60. The summed E-state index contributed by atoms with van der Waals surface area (Å²) < 4.78 is 5.19. The summed E-state index contributed by atoms with van der Waals surface area (Å²) in [5.41, 5.74) is 4.07. The molecule has 1 aliphatic carbocycles. The van der Waals surface area contributed by atoms with Gasteiger partial charge in [0.2, 0.25) is 5.91 Å². The van der Waals surface area contributed by atoms with Crippen molar-refractivity contribution in [3.63, 3.8) is 0 Å². The van der Waals surface area contributed by atoms with E-state index in [1.807, 2.05) is 6.92 Å². The lowest BCUT2D eigenvalue weighted by Gasteiger charge is -2.34. The third-order valence-corrected chi connectivity index (χ3v) is 6.01. The number of amides is 2. The van der Waals surface area contributed by atoms with E-state index in [1.165, 1.54) is 42.2 Å². The fourth-order valence-corrected chi connectivity index (χ4v) is 4.26. The van der Waals surface area contributed by atoms with E-state index < -0.39 is 0 Å². The lowest BCUT2D eigenvalue weighted by atomic mass is 9.89. The van der Waals surface area contributed by atoms with Crippen LogP contribution in [0.4, 0.5) is 0 Å². The van der Waals surface area contributed by atoms with Crippen molar-refractivity contribution in [1.29, 1.82) is 0 Å². The fourth-order valence-electron chi connectivity index (χ4n) is 4.26. The summed E-state index contributed by atoms with van der Waals surface area (Å²) in [6, 6.07) is 10.0. The molecule has 1 aliphatic heterocycles. The van der Waals surface area contributed by atoms with Crippen LogP contribution in [0, 0.1) is 0 Å². The summed E-state index contributed by atoms with van der Waals surface area (Å²) in [5, 5.41) is 3.13.